The van der Waals surface area contributed by atoms with Crippen LogP contribution in [0, 0.1) is 17.0 Å². The van der Waals surface area contributed by atoms with Gasteiger partial charge in [0.1, 0.15) is 5.02 Å². The summed E-state index contributed by atoms with van der Waals surface area (Å²) in [5, 5.41) is 14.2. The number of nitrogens with two attached hydrogens (primary N) is 1. The van der Waals surface area contributed by atoms with Crippen molar-refractivity contribution in [3.05, 3.63) is 62.7 Å². The molecule has 0 spiro atoms. The molecule has 0 unspecified atom stereocenters. The average Bonchev–Trinajstić information content (AvgIpc) is 2.44. The van der Waals surface area contributed by atoms with Crippen LogP contribution in [0.2, 0.25) is 5.02 Å². The molecule has 0 aliphatic heterocycles. The molecule has 21 heavy (non-hydrogen) atoms. The molecule has 0 aromatic heterocycles. The lowest BCUT2D eigenvalue weighted by molar-refractivity contribution is -0.384. The van der Waals surface area contributed by atoms with Crippen LogP contribution in [0.5, 0.6) is 0 Å². The van der Waals surface area contributed by atoms with Gasteiger partial charge in [-0.1, -0.05) is 23.7 Å². The van der Waals surface area contributed by atoms with Crippen molar-refractivity contribution in [3.8, 4) is 0 Å². The molecule has 0 fully saturated rings. The molecule has 0 saturated heterocycles. The Balaban J connectivity index is 2.02. The van der Waals surface area contributed by atoms with Gasteiger partial charge in [0.25, 0.3) is 5.69 Å². The second-order valence-electron chi connectivity index (χ2n) is 4.79. The van der Waals surface area contributed by atoms with Gasteiger partial charge in [0.2, 0.25) is 0 Å². The van der Waals surface area contributed by atoms with Crippen LogP contribution in [0.3, 0.4) is 0 Å². The van der Waals surface area contributed by atoms with Crippen LogP contribution >= 0.6 is 11.6 Å². The molecule has 6 heteroatoms. The molecule has 0 bridgehead atoms. The van der Waals surface area contributed by atoms with E-state index in [1.807, 2.05) is 31.2 Å². The molecule has 2 rings (SSSR count). The number of anilines is 2. The Labute approximate surface area is 127 Å². The maximum atomic E-state index is 10.8. The summed E-state index contributed by atoms with van der Waals surface area (Å²) in [5.74, 6) is 0. The van der Waals surface area contributed by atoms with Crippen molar-refractivity contribution in [2.75, 3.05) is 17.6 Å². The van der Waals surface area contributed by atoms with Gasteiger partial charge in [0, 0.05) is 24.0 Å². The Kier molecular flexibility index (Phi) is 4.65. The Morgan fingerprint density at radius 3 is 2.57 bits per heavy atom. The summed E-state index contributed by atoms with van der Waals surface area (Å²) >= 11 is 5.91. The number of aryl methyl sites for hydroxylation is 1. The first-order valence-electron chi connectivity index (χ1n) is 6.50. The van der Waals surface area contributed by atoms with Crippen molar-refractivity contribution in [1.82, 2.24) is 0 Å². The fraction of sp³-hybridized carbons (Fsp3) is 0.200. The smallest absolute Gasteiger partial charge is 0.288 e. The molecule has 0 heterocycles. The van der Waals surface area contributed by atoms with Gasteiger partial charge in [-0.15, -0.1) is 0 Å². The van der Waals surface area contributed by atoms with E-state index in [0.717, 1.165) is 23.4 Å². The molecule has 0 amide bonds. The minimum absolute atomic E-state index is 0.0711. The van der Waals surface area contributed by atoms with E-state index in [1.165, 1.54) is 11.6 Å². The van der Waals surface area contributed by atoms with Crippen molar-refractivity contribution in [3.63, 3.8) is 0 Å². The number of halogens is 1. The zero-order chi connectivity index (χ0) is 15.4. The number of hydrogen-bond acceptors (Lipinski definition) is 4. The molecule has 0 aliphatic rings. The number of nitrogens with zero attached hydrogens (tertiary/aromatic N) is 1. The summed E-state index contributed by atoms with van der Waals surface area (Å²) < 4.78 is 0. The van der Waals surface area contributed by atoms with Crippen LogP contribution in [-0.2, 0) is 6.42 Å². The van der Waals surface area contributed by atoms with Crippen molar-refractivity contribution >= 4 is 28.7 Å². The summed E-state index contributed by atoms with van der Waals surface area (Å²) in [4.78, 5) is 10.3. The van der Waals surface area contributed by atoms with Crippen molar-refractivity contribution in [2.45, 2.75) is 13.3 Å². The van der Waals surface area contributed by atoms with Crippen LogP contribution in [-0.4, -0.2) is 11.5 Å². The zero-order valence-electron chi connectivity index (χ0n) is 11.6. The molecule has 0 aliphatic carbocycles. The Hall–Kier alpha value is -2.27. The highest BCUT2D eigenvalue weighted by atomic mass is 35.5. The van der Waals surface area contributed by atoms with Crippen LogP contribution in [0.1, 0.15) is 11.1 Å². The first-order valence-corrected chi connectivity index (χ1v) is 6.88. The van der Waals surface area contributed by atoms with Crippen molar-refractivity contribution in [1.29, 1.82) is 0 Å². The van der Waals surface area contributed by atoms with Gasteiger partial charge in [0.05, 0.1) is 4.92 Å². The van der Waals surface area contributed by atoms with E-state index in [0.29, 0.717) is 6.54 Å². The van der Waals surface area contributed by atoms with Crippen LogP contribution in [0.15, 0.2) is 36.4 Å². The van der Waals surface area contributed by atoms with Crippen molar-refractivity contribution < 1.29 is 4.92 Å². The van der Waals surface area contributed by atoms with Crippen LogP contribution < -0.4 is 11.1 Å². The second kappa shape index (κ2) is 6.45. The fourth-order valence-electron chi connectivity index (χ4n) is 2.02. The van der Waals surface area contributed by atoms with Gasteiger partial charge in [-0.2, -0.15) is 0 Å². The lowest BCUT2D eigenvalue weighted by Gasteiger charge is -2.10. The molecule has 5 nitrogen and oxygen atoms in total. The van der Waals surface area contributed by atoms with Gasteiger partial charge >= 0.3 is 0 Å². The zero-order valence-corrected chi connectivity index (χ0v) is 12.4. The van der Waals surface area contributed by atoms with E-state index in [-0.39, 0.29) is 10.7 Å². The summed E-state index contributed by atoms with van der Waals surface area (Å²) in [5.41, 5.74) is 9.08. The molecule has 3 N–H and O–H groups in total. The Bertz CT molecular complexity index is 657. The largest absolute Gasteiger partial charge is 0.399 e. The maximum Gasteiger partial charge on any atom is 0.288 e. The molecule has 2 aromatic rings. The molecular formula is C15H16ClN3O2. The Morgan fingerprint density at radius 2 is 1.95 bits per heavy atom. The quantitative estimate of drug-likeness (QED) is 0.500. The molecule has 2 aromatic carbocycles. The van der Waals surface area contributed by atoms with E-state index >= 15 is 0 Å². The lowest BCUT2D eigenvalue weighted by Crippen LogP contribution is -2.06. The predicted molar refractivity (Wildman–Crippen MR) is 85.9 cm³/mol. The van der Waals surface area contributed by atoms with Gasteiger partial charge < -0.3 is 11.1 Å². The van der Waals surface area contributed by atoms with Crippen molar-refractivity contribution in [2.24, 2.45) is 0 Å². The minimum atomic E-state index is -0.479. The number of nitrogen functional groups attached to an aromatic ring is 1. The molecular weight excluding hydrogens is 290 g/mol. The second-order valence-corrected chi connectivity index (χ2v) is 5.20. The van der Waals surface area contributed by atoms with Crippen LogP contribution in [0.25, 0.3) is 0 Å². The predicted octanol–water partition coefficient (Wildman–Crippen LogP) is 3.79. The number of rotatable bonds is 5. The number of nitro benzene ring substituents is 1. The topological polar surface area (TPSA) is 81.2 Å². The van der Waals surface area contributed by atoms with E-state index in [4.69, 9.17) is 17.3 Å². The normalized spacial score (nSPS) is 10.4. The van der Waals surface area contributed by atoms with E-state index in [9.17, 15) is 10.1 Å². The third-order valence-electron chi connectivity index (χ3n) is 3.20. The molecule has 110 valence electrons. The number of hydrogen-bond donors (Lipinski definition) is 2. The van der Waals surface area contributed by atoms with Gasteiger partial charge in [-0.05, 0) is 42.7 Å². The molecule has 0 saturated carbocycles. The van der Waals surface area contributed by atoms with E-state index < -0.39 is 4.92 Å². The number of nitro groups is 1. The van der Waals surface area contributed by atoms with Crippen LogP contribution in [0.4, 0.5) is 17.1 Å². The van der Waals surface area contributed by atoms with Gasteiger partial charge in [-0.3, -0.25) is 10.1 Å². The first-order chi connectivity index (χ1) is 9.97. The standard InChI is InChI=1S/C15H16ClN3O2/c1-10-8-15(19(20)21)13(16)9-14(10)18-7-6-11-2-4-12(17)5-3-11/h2-5,8-9,18H,6-7,17H2,1H3. The average molecular weight is 306 g/mol. The SMILES string of the molecule is Cc1cc([N+](=O)[O-])c(Cl)cc1NCCc1ccc(N)cc1. The highest BCUT2D eigenvalue weighted by Crippen LogP contribution is 2.30. The maximum absolute atomic E-state index is 10.8. The number of benzene rings is 2. The van der Waals surface area contributed by atoms with Gasteiger partial charge in [0.15, 0.2) is 0 Å². The summed E-state index contributed by atoms with van der Waals surface area (Å²) in [6.45, 7) is 2.52. The number of nitrogens with one attached hydrogen (secondary N) is 1. The summed E-state index contributed by atoms with van der Waals surface area (Å²) in [7, 11) is 0. The first kappa shape index (κ1) is 15.1. The summed E-state index contributed by atoms with van der Waals surface area (Å²) in [6, 6.07) is 10.8. The van der Waals surface area contributed by atoms with E-state index in [2.05, 4.69) is 5.32 Å². The molecule has 0 radical (unpaired) electrons. The Morgan fingerprint density at radius 1 is 1.29 bits per heavy atom. The highest BCUT2D eigenvalue weighted by molar-refractivity contribution is 6.33. The third-order valence-corrected chi connectivity index (χ3v) is 3.50. The lowest BCUT2D eigenvalue weighted by atomic mass is 10.1. The monoisotopic (exact) mass is 305 g/mol. The molecule has 0 atom stereocenters. The fourth-order valence-corrected chi connectivity index (χ4v) is 2.26. The summed E-state index contributed by atoms with van der Waals surface area (Å²) in [6.07, 6.45) is 0.828. The highest BCUT2D eigenvalue weighted by Gasteiger charge is 2.14. The van der Waals surface area contributed by atoms with Gasteiger partial charge in [-0.25, -0.2) is 0 Å². The third kappa shape index (κ3) is 3.86. The minimum Gasteiger partial charge on any atom is -0.399 e. The van der Waals surface area contributed by atoms with E-state index in [1.54, 1.807) is 6.07 Å².